The van der Waals surface area contributed by atoms with Crippen molar-refractivity contribution in [2.24, 2.45) is 5.92 Å². The molecule has 1 N–H and O–H groups in total. The van der Waals surface area contributed by atoms with Gasteiger partial charge in [0.1, 0.15) is 0 Å². The van der Waals surface area contributed by atoms with Crippen LogP contribution in [0.1, 0.15) is 21.3 Å². The fraction of sp³-hybridized carbons (Fsp3) is 0.533. The molecule has 1 saturated heterocycles. The van der Waals surface area contributed by atoms with Crippen LogP contribution < -0.4 is 0 Å². The molecule has 1 aliphatic heterocycles. The van der Waals surface area contributed by atoms with Gasteiger partial charge in [0.2, 0.25) is 0 Å². The summed E-state index contributed by atoms with van der Waals surface area (Å²) in [5, 5.41) is 11.4. The number of hydrogen-bond acceptors (Lipinski definition) is 6. The van der Waals surface area contributed by atoms with Crippen molar-refractivity contribution >= 4 is 11.3 Å². The van der Waals surface area contributed by atoms with E-state index >= 15 is 0 Å². The Morgan fingerprint density at radius 2 is 2.19 bits per heavy atom. The molecule has 0 radical (unpaired) electrons. The van der Waals surface area contributed by atoms with Crippen molar-refractivity contribution in [3.05, 3.63) is 39.9 Å². The summed E-state index contributed by atoms with van der Waals surface area (Å²) in [6.07, 6.45) is 5.66. The zero-order chi connectivity index (χ0) is 14.8. The number of aliphatic hydroxyl groups is 1. The van der Waals surface area contributed by atoms with Gasteiger partial charge in [-0.2, -0.15) is 0 Å². The number of aryl methyl sites for hydroxylation is 2. The van der Waals surface area contributed by atoms with E-state index in [1.165, 1.54) is 4.88 Å². The maximum Gasteiger partial charge on any atom is 0.0900 e. The monoisotopic (exact) mass is 304 g/mol. The second kappa shape index (κ2) is 6.17. The Morgan fingerprint density at radius 3 is 2.86 bits per heavy atom. The predicted molar refractivity (Wildman–Crippen MR) is 82.1 cm³/mol. The van der Waals surface area contributed by atoms with Crippen LogP contribution in [0.5, 0.6) is 0 Å². The van der Waals surface area contributed by atoms with E-state index in [1.807, 2.05) is 6.92 Å². The Bertz CT molecular complexity index is 601. The zero-order valence-corrected chi connectivity index (χ0v) is 13.2. The Labute approximate surface area is 128 Å². The first-order valence-corrected chi connectivity index (χ1v) is 8.01. The third kappa shape index (κ3) is 3.45. The van der Waals surface area contributed by atoms with Gasteiger partial charge in [0.25, 0.3) is 0 Å². The predicted octanol–water partition coefficient (Wildman–Crippen LogP) is 1.59. The minimum absolute atomic E-state index is 0.232. The van der Waals surface area contributed by atoms with Gasteiger partial charge in [-0.05, 0) is 20.3 Å². The van der Waals surface area contributed by atoms with Gasteiger partial charge in [-0.25, -0.2) is 4.98 Å². The molecule has 0 spiro atoms. The van der Waals surface area contributed by atoms with Crippen molar-refractivity contribution < 1.29 is 5.11 Å². The lowest BCUT2D eigenvalue weighted by atomic mass is 10.0. The molecule has 2 atom stereocenters. The van der Waals surface area contributed by atoms with E-state index in [0.29, 0.717) is 0 Å². The van der Waals surface area contributed by atoms with Crippen LogP contribution in [0.15, 0.2) is 18.6 Å². The van der Waals surface area contributed by atoms with E-state index in [9.17, 15) is 5.11 Å². The fourth-order valence-electron chi connectivity index (χ4n) is 2.90. The summed E-state index contributed by atoms with van der Waals surface area (Å²) in [6, 6.07) is 0. The molecule has 5 nitrogen and oxygen atoms in total. The third-order valence-corrected chi connectivity index (χ3v) is 4.99. The fourth-order valence-corrected chi connectivity index (χ4v) is 3.88. The van der Waals surface area contributed by atoms with Crippen LogP contribution in [0.25, 0.3) is 0 Å². The lowest BCUT2D eigenvalue weighted by molar-refractivity contribution is 0.140. The van der Waals surface area contributed by atoms with E-state index in [-0.39, 0.29) is 12.0 Å². The van der Waals surface area contributed by atoms with Gasteiger partial charge >= 0.3 is 0 Å². The molecule has 1 fully saturated rings. The van der Waals surface area contributed by atoms with Crippen LogP contribution in [0.2, 0.25) is 0 Å². The molecule has 0 aliphatic carbocycles. The second-order valence-corrected chi connectivity index (χ2v) is 6.95. The van der Waals surface area contributed by atoms with Crippen molar-refractivity contribution in [2.45, 2.75) is 32.9 Å². The van der Waals surface area contributed by atoms with Crippen LogP contribution in [0, 0.1) is 19.8 Å². The molecule has 21 heavy (non-hydrogen) atoms. The molecule has 1 aliphatic rings. The lowest BCUT2D eigenvalue weighted by Gasteiger charge is -2.14. The summed E-state index contributed by atoms with van der Waals surface area (Å²) in [7, 11) is 0. The van der Waals surface area contributed by atoms with Crippen LogP contribution in [-0.2, 0) is 13.0 Å². The highest BCUT2D eigenvalue weighted by Crippen LogP contribution is 2.25. The maximum atomic E-state index is 10.3. The summed E-state index contributed by atoms with van der Waals surface area (Å²) in [5.41, 5.74) is 2.07. The van der Waals surface area contributed by atoms with E-state index in [4.69, 9.17) is 0 Å². The van der Waals surface area contributed by atoms with Gasteiger partial charge in [-0.1, -0.05) is 0 Å². The summed E-state index contributed by atoms with van der Waals surface area (Å²) < 4.78 is 0. The molecular weight excluding hydrogens is 284 g/mol. The molecule has 0 amide bonds. The Balaban J connectivity index is 1.62. The highest BCUT2D eigenvalue weighted by molar-refractivity contribution is 7.11. The quantitative estimate of drug-likeness (QED) is 0.929. The van der Waals surface area contributed by atoms with Crippen molar-refractivity contribution in [1.29, 1.82) is 0 Å². The first-order chi connectivity index (χ1) is 10.1. The van der Waals surface area contributed by atoms with Gasteiger partial charge in [-0.3, -0.25) is 14.9 Å². The molecule has 3 heterocycles. The maximum absolute atomic E-state index is 10.3. The minimum atomic E-state index is -0.290. The van der Waals surface area contributed by atoms with Gasteiger partial charge in [0.15, 0.2) is 0 Å². The topological polar surface area (TPSA) is 62.1 Å². The minimum Gasteiger partial charge on any atom is -0.391 e. The third-order valence-electron chi connectivity index (χ3n) is 3.94. The van der Waals surface area contributed by atoms with Crippen LogP contribution in [0.4, 0.5) is 0 Å². The summed E-state index contributed by atoms with van der Waals surface area (Å²) in [5.74, 6) is 0.232. The number of rotatable bonds is 4. The summed E-state index contributed by atoms with van der Waals surface area (Å²) in [4.78, 5) is 16.5. The van der Waals surface area contributed by atoms with E-state index in [0.717, 1.165) is 42.5 Å². The van der Waals surface area contributed by atoms with Crippen LogP contribution in [-0.4, -0.2) is 44.2 Å². The van der Waals surface area contributed by atoms with E-state index in [2.05, 4.69) is 26.8 Å². The molecule has 0 aromatic carbocycles. The average molecular weight is 304 g/mol. The van der Waals surface area contributed by atoms with Crippen LogP contribution in [0.3, 0.4) is 0 Å². The van der Waals surface area contributed by atoms with E-state index in [1.54, 1.807) is 29.9 Å². The zero-order valence-electron chi connectivity index (χ0n) is 12.4. The Morgan fingerprint density at radius 1 is 1.33 bits per heavy atom. The van der Waals surface area contributed by atoms with Gasteiger partial charge in [0.05, 0.1) is 22.5 Å². The van der Waals surface area contributed by atoms with Crippen molar-refractivity contribution in [3.8, 4) is 0 Å². The number of β-amino-alcohol motifs (C(OH)–C–C–N with tert-alkyl or cyclic N) is 1. The first-order valence-electron chi connectivity index (χ1n) is 7.20. The highest BCUT2D eigenvalue weighted by atomic mass is 32.1. The standard InChI is InChI=1S/C15H20N4OS/c1-10-15(21-11(2)18-10)9-19-7-12(14(20)8-19)5-13-6-16-3-4-17-13/h3-4,6,12,14,20H,5,7-9H2,1-2H3/t12-,14-/m1/s1. The lowest BCUT2D eigenvalue weighted by Crippen LogP contribution is -2.21. The van der Waals surface area contributed by atoms with Gasteiger partial charge in [0, 0.05) is 49.0 Å². The molecule has 0 saturated carbocycles. The summed E-state index contributed by atoms with van der Waals surface area (Å²) >= 11 is 1.75. The van der Waals surface area contributed by atoms with Crippen molar-refractivity contribution in [1.82, 2.24) is 19.9 Å². The first kappa shape index (κ1) is 14.6. The highest BCUT2D eigenvalue weighted by Gasteiger charge is 2.32. The molecule has 0 unspecified atom stereocenters. The van der Waals surface area contributed by atoms with E-state index < -0.39 is 0 Å². The molecule has 112 valence electrons. The molecule has 2 aromatic heterocycles. The van der Waals surface area contributed by atoms with Gasteiger partial charge < -0.3 is 5.11 Å². The molecular formula is C15H20N4OS. The number of nitrogens with zero attached hydrogens (tertiary/aromatic N) is 4. The number of aromatic nitrogens is 3. The average Bonchev–Trinajstić information content (AvgIpc) is 2.94. The summed E-state index contributed by atoms with van der Waals surface area (Å²) in [6.45, 7) is 6.60. The van der Waals surface area contributed by atoms with Crippen LogP contribution >= 0.6 is 11.3 Å². The van der Waals surface area contributed by atoms with Crippen molar-refractivity contribution in [3.63, 3.8) is 0 Å². The molecule has 6 heteroatoms. The van der Waals surface area contributed by atoms with Crippen molar-refractivity contribution in [2.75, 3.05) is 13.1 Å². The normalized spacial score (nSPS) is 22.8. The Kier molecular flexibility index (Phi) is 4.28. The number of thiazole rings is 1. The number of aliphatic hydroxyl groups excluding tert-OH is 1. The Hall–Kier alpha value is -1.37. The SMILES string of the molecule is Cc1nc(C)c(CN2C[C@@H](Cc3cnccn3)[C@H](O)C2)s1. The molecule has 0 bridgehead atoms. The molecule has 3 rings (SSSR count). The van der Waals surface area contributed by atoms with Gasteiger partial charge in [-0.15, -0.1) is 11.3 Å². The largest absolute Gasteiger partial charge is 0.391 e. The second-order valence-electron chi connectivity index (χ2n) is 5.66. The molecule has 2 aromatic rings. The number of likely N-dealkylation sites (tertiary alicyclic amines) is 1. The smallest absolute Gasteiger partial charge is 0.0900 e. The number of hydrogen-bond donors (Lipinski definition) is 1.